The number of hydrogen-bond donors (Lipinski definition) is 1. The fourth-order valence-corrected chi connectivity index (χ4v) is 3.11. The third-order valence-corrected chi connectivity index (χ3v) is 4.59. The van der Waals surface area contributed by atoms with E-state index in [2.05, 4.69) is 35.1 Å². The highest BCUT2D eigenvalue weighted by molar-refractivity contribution is 9.10. The summed E-state index contributed by atoms with van der Waals surface area (Å²) >= 11 is 3.48. The molecule has 0 radical (unpaired) electrons. The summed E-state index contributed by atoms with van der Waals surface area (Å²) in [6.07, 6.45) is 2.32. The standard InChI is InChI=1S/C16H23BrN2O/c1-12(2)19(11-13-7-9-18-10-8-13)16(20)14-5-3-4-6-15(14)17/h3-6,12-13,18H,7-11H2,1-2H3. The molecule has 2 rings (SSSR count). The van der Waals surface area contributed by atoms with Gasteiger partial charge in [0.05, 0.1) is 5.56 Å². The number of halogens is 1. The van der Waals surface area contributed by atoms with Crippen molar-refractivity contribution < 1.29 is 4.79 Å². The highest BCUT2D eigenvalue weighted by Gasteiger charge is 2.24. The second kappa shape index (κ2) is 7.23. The topological polar surface area (TPSA) is 32.3 Å². The fourth-order valence-electron chi connectivity index (χ4n) is 2.66. The molecular formula is C16H23BrN2O. The maximum absolute atomic E-state index is 12.8. The lowest BCUT2D eigenvalue weighted by atomic mass is 9.96. The Kier molecular flexibility index (Phi) is 5.61. The lowest BCUT2D eigenvalue weighted by Crippen LogP contribution is -2.43. The van der Waals surface area contributed by atoms with E-state index >= 15 is 0 Å². The minimum atomic E-state index is 0.131. The number of piperidine rings is 1. The van der Waals surface area contributed by atoms with E-state index in [0.29, 0.717) is 5.92 Å². The van der Waals surface area contributed by atoms with Crippen LogP contribution < -0.4 is 5.32 Å². The third kappa shape index (κ3) is 3.83. The van der Waals surface area contributed by atoms with Gasteiger partial charge in [-0.3, -0.25) is 4.79 Å². The lowest BCUT2D eigenvalue weighted by Gasteiger charge is -2.33. The van der Waals surface area contributed by atoms with Crippen molar-refractivity contribution in [1.82, 2.24) is 10.2 Å². The van der Waals surface area contributed by atoms with Crippen molar-refractivity contribution in [2.24, 2.45) is 5.92 Å². The molecule has 0 bridgehead atoms. The Hall–Kier alpha value is -0.870. The van der Waals surface area contributed by atoms with Gasteiger partial charge in [-0.2, -0.15) is 0 Å². The molecular weight excluding hydrogens is 316 g/mol. The number of carbonyl (C=O) groups excluding carboxylic acids is 1. The molecule has 1 aromatic rings. The van der Waals surface area contributed by atoms with E-state index < -0.39 is 0 Å². The van der Waals surface area contributed by atoms with Gasteiger partial charge in [-0.25, -0.2) is 0 Å². The smallest absolute Gasteiger partial charge is 0.255 e. The average molecular weight is 339 g/mol. The van der Waals surface area contributed by atoms with E-state index in [4.69, 9.17) is 0 Å². The SMILES string of the molecule is CC(C)N(CC1CCNCC1)C(=O)c1ccccc1Br. The van der Waals surface area contributed by atoms with Crippen molar-refractivity contribution in [1.29, 1.82) is 0 Å². The Morgan fingerprint density at radius 3 is 2.60 bits per heavy atom. The van der Waals surface area contributed by atoms with Crippen LogP contribution in [0.5, 0.6) is 0 Å². The zero-order valence-electron chi connectivity index (χ0n) is 12.2. The van der Waals surface area contributed by atoms with Gasteiger partial charge in [0, 0.05) is 17.1 Å². The Bertz CT molecular complexity index is 456. The molecule has 20 heavy (non-hydrogen) atoms. The second-order valence-corrected chi connectivity index (χ2v) is 6.58. The zero-order valence-corrected chi connectivity index (χ0v) is 13.8. The summed E-state index contributed by atoms with van der Waals surface area (Å²) < 4.78 is 0.876. The Labute approximate surface area is 129 Å². The molecule has 1 fully saturated rings. The number of carbonyl (C=O) groups is 1. The van der Waals surface area contributed by atoms with Crippen molar-refractivity contribution in [3.05, 3.63) is 34.3 Å². The van der Waals surface area contributed by atoms with E-state index in [1.165, 1.54) is 0 Å². The van der Waals surface area contributed by atoms with Gasteiger partial charge in [-0.05, 0) is 73.8 Å². The second-order valence-electron chi connectivity index (χ2n) is 5.72. The molecule has 1 saturated heterocycles. The average Bonchev–Trinajstić information content (AvgIpc) is 2.45. The minimum absolute atomic E-state index is 0.131. The number of nitrogens with zero attached hydrogens (tertiary/aromatic N) is 1. The van der Waals surface area contributed by atoms with Gasteiger partial charge in [-0.1, -0.05) is 12.1 Å². The Balaban J connectivity index is 2.11. The molecule has 3 nitrogen and oxygen atoms in total. The van der Waals surface area contributed by atoms with Crippen LogP contribution in [0.1, 0.15) is 37.0 Å². The Morgan fingerprint density at radius 1 is 1.35 bits per heavy atom. The zero-order chi connectivity index (χ0) is 14.5. The highest BCUT2D eigenvalue weighted by Crippen LogP contribution is 2.21. The number of amides is 1. The molecule has 0 aromatic heterocycles. The lowest BCUT2D eigenvalue weighted by molar-refractivity contribution is 0.0657. The van der Waals surface area contributed by atoms with Gasteiger partial charge in [0.1, 0.15) is 0 Å². The van der Waals surface area contributed by atoms with E-state index in [9.17, 15) is 4.79 Å². The molecule has 1 aliphatic rings. The van der Waals surface area contributed by atoms with Crippen LogP contribution in [0, 0.1) is 5.92 Å². The maximum atomic E-state index is 12.8. The van der Waals surface area contributed by atoms with Crippen LogP contribution in [-0.4, -0.2) is 36.5 Å². The number of rotatable bonds is 4. The highest BCUT2D eigenvalue weighted by atomic mass is 79.9. The van der Waals surface area contributed by atoms with Crippen molar-refractivity contribution in [2.75, 3.05) is 19.6 Å². The fraction of sp³-hybridized carbons (Fsp3) is 0.562. The van der Waals surface area contributed by atoms with Crippen molar-refractivity contribution in [3.63, 3.8) is 0 Å². The van der Waals surface area contributed by atoms with Gasteiger partial charge in [0.15, 0.2) is 0 Å². The summed E-state index contributed by atoms with van der Waals surface area (Å²) in [7, 11) is 0. The molecule has 0 unspecified atom stereocenters. The van der Waals surface area contributed by atoms with Gasteiger partial charge < -0.3 is 10.2 Å². The molecule has 1 amide bonds. The normalized spacial score (nSPS) is 16.4. The third-order valence-electron chi connectivity index (χ3n) is 3.90. The molecule has 0 atom stereocenters. The molecule has 1 heterocycles. The summed E-state index contributed by atoms with van der Waals surface area (Å²) in [5.41, 5.74) is 0.759. The summed E-state index contributed by atoms with van der Waals surface area (Å²) in [6, 6.07) is 7.90. The van der Waals surface area contributed by atoms with Gasteiger partial charge in [0.2, 0.25) is 0 Å². The van der Waals surface area contributed by atoms with Crippen LogP contribution in [0.3, 0.4) is 0 Å². The predicted molar refractivity (Wildman–Crippen MR) is 85.9 cm³/mol. The van der Waals surface area contributed by atoms with Gasteiger partial charge in [-0.15, -0.1) is 0 Å². The largest absolute Gasteiger partial charge is 0.336 e. The first-order valence-electron chi connectivity index (χ1n) is 7.36. The first-order chi connectivity index (χ1) is 9.59. The van der Waals surface area contributed by atoms with Crippen molar-refractivity contribution in [3.8, 4) is 0 Å². The summed E-state index contributed by atoms with van der Waals surface area (Å²) in [5.74, 6) is 0.746. The van der Waals surface area contributed by atoms with E-state index in [0.717, 1.165) is 42.5 Å². The van der Waals surface area contributed by atoms with E-state index in [1.54, 1.807) is 0 Å². The predicted octanol–water partition coefficient (Wildman–Crippen LogP) is 3.30. The first kappa shape index (κ1) is 15.5. The van der Waals surface area contributed by atoms with Crippen LogP contribution in [-0.2, 0) is 0 Å². The van der Waals surface area contributed by atoms with Crippen molar-refractivity contribution in [2.45, 2.75) is 32.7 Å². The van der Waals surface area contributed by atoms with Crippen LogP contribution in [0.2, 0.25) is 0 Å². The quantitative estimate of drug-likeness (QED) is 0.913. The monoisotopic (exact) mass is 338 g/mol. The van der Waals surface area contributed by atoms with E-state index in [1.807, 2.05) is 29.2 Å². The molecule has 0 aliphatic carbocycles. The van der Waals surface area contributed by atoms with E-state index in [-0.39, 0.29) is 11.9 Å². The van der Waals surface area contributed by atoms with Crippen LogP contribution in [0.4, 0.5) is 0 Å². The molecule has 4 heteroatoms. The number of benzene rings is 1. The van der Waals surface area contributed by atoms with Crippen LogP contribution in [0.15, 0.2) is 28.7 Å². The number of nitrogens with one attached hydrogen (secondary N) is 1. The van der Waals surface area contributed by atoms with Crippen LogP contribution in [0.25, 0.3) is 0 Å². The van der Waals surface area contributed by atoms with Crippen molar-refractivity contribution >= 4 is 21.8 Å². The maximum Gasteiger partial charge on any atom is 0.255 e. The molecule has 1 aromatic carbocycles. The molecule has 1 aliphatic heterocycles. The van der Waals surface area contributed by atoms with Gasteiger partial charge in [0.25, 0.3) is 5.91 Å². The molecule has 110 valence electrons. The summed E-state index contributed by atoms with van der Waals surface area (Å²) in [6.45, 7) is 7.19. The van der Waals surface area contributed by atoms with Gasteiger partial charge >= 0.3 is 0 Å². The summed E-state index contributed by atoms with van der Waals surface area (Å²) in [5, 5.41) is 3.38. The first-order valence-corrected chi connectivity index (χ1v) is 8.15. The van der Waals surface area contributed by atoms with Crippen LogP contribution >= 0.6 is 15.9 Å². The molecule has 0 spiro atoms. The Morgan fingerprint density at radius 2 is 2.00 bits per heavy atom. The minimum Gasteiger partial charge on any atom is -0.336 e. The molecule has 1 N–H and O–H groups in total. The summed E-state index contributed by atoms with van der Waals surface area (Å²) in [4.78, 5) is 14.8. The number of hydrogen-bond acceptors (Lipinski definition) is 2. The molecule has 0 saturated carbocycles.